The van der Waals surface area contributed by atoms with E-state index in [9.17, 15) is 9.59 Å². The molecule has 0 bridgehead atoms. The van der Waals surface area contributed by atoms with Crippen LogP contribution in [0.25, 0.3) is 0 Å². The maximum atomic E-state index is 12.5. The molecule has 0 radical (unpaired) electrons. The number of benzene rings is 2. The topological polar surface area (TPSA) is 61.8 Å². The van der Waals surface area contributed by atoms with Crippen molar-refractivity contribution in [2.45, 2.75) is 19.8 Å². The van der Waals surface area contributed by atoms with Gasteiger partial charge in [0.05, 0.1) is 5.69 Å². The monoisotopic (exact) mass is 341 g/mol. The minimum absolute atomic E-state index is 0.128. The minimum Gasteiger partial charge on any atom is -0.321 e. The lowest BCUT2D eigenvalue weighted by Gasteiger charge is -2.23. The Morgan fingerprint density at radius 2 is 1.88 bits per heavy atom. The molecule has 5 nitrogen and oxygen atoms in total. The van der Waals surface area contributed by atoms with Crippen LogP contribution in [0.15, 0.2) is 53.6 Å². The molecule has 1 N–H and O–H groups in total. The first-order valence-electron chi connectivity index (χ1n) is 7.58. The van der Waals surface area contributed by atoms with Crippen molar-refractivity contribution in [1.29, 1.82) is 0 Å². The van der Waals surface area contributed by atoms with E-state index in [0.29, 0.717) is 28.5 Å². The third kappa shape index (κ3) is 3.31. The van der Waals surface area contributed by atoms with Gasteiger partial charge in [-0.1, -0.05) is 35.9 Å². The number of carbonyl (C=O) groups is 2. The van der Waals surface area contributed by atoms with E-state index in [1.165, 1.54) is 5.01 Å². The van der Waals surface area contributed by atoms with Gasteiger partial charge >= 0.3 is 0 Å². The average molecular weight is 342 g/mol. The molecule has 0 saturated carbocycles. The van der Waals surface area contributed by atoms with E-state index in [1.54, 1.807) is 30.3 Å². The van der Waals surface area contributed by atoms with E-state index in [0.717, 1.165) is 5.56 Å². The number of halogens is 1. The third-order valence-corrected chi connectivity index (χ3v) is 4.22. The number of hydrogen-bond acceptors (Lipinski definition) is 3. The summed E-state index contributed by atoms with van der Waals surface area (Å²) in [7, 11) is 0. The van der Waals surface area contributed by atoms with Crippen molar-refractivity contribution in [2.75, 3.05) is 10.3 Å². The maximum Gasteiger partial charge on any atom is 0.271 e. The largest absolute Gasteiger partial charge is 0.321 e. The molecule has 122 valence electrons. The lowest BCUT2D eigenvalue weighted by molar-refractivity contribution is -0.118. The Bertz CT molecular complexity index is 818. The minimum atomic E-state index is -0.325. The van der Waals surface area contributed by atoms with Gasteiger partial charge in [-0.05, 0) is 36.8 Å². The molecule has 24 heavy (non-hydrogen) atoms. The zero-order valence-electron chi connectivity index (χ0n) is 13.1. The fraction of sp³-hybridized carbons (Fsp3) is 0.167. The highest BCUT2D eigenvalue weighted by atomic mass is 35.5. The van der Waals surface area contributed by atoms with Crippen LogP contribution >= 0.6 is 11.6 Å². The van der Waals surface area contributed by atoms with Crippen LogP contribution in [0, 0.1) is 6.92 Å². The predicted octanol–water partition coefficient (Wildman–Crippen LogP) is 3.77. The van der Waals surface area contributed by atoms with Crippen LogP contribution in [-0.2, 0) is 9.59 Å². The van der Waals surface area contributed by atoms with Gasteiger partial charge in [-0.2, -0.15) is 5.10 Å². The summed E-state index contributed by atoms with van der Waals surface area (Å²) in [5.74, 6) is -0.453. The van der Waals surface area contributed by atoms with Gasteiger partial charge in [-0.15, -0.1) is 0 Å². The summed E-state index contributed by atoms with van der Waals surface area (Å²) in [6.45, 7) is 1.83. The lowest BCUT2D eigenvalue weighted by Crippen LogP contribution is -2.36. The highest BCUT2D eigenvalue weighted by Gasteiger charge is 2.25. The fourth-order valence-electron chi connectivity index (χ4n) is 2.42. The summed E-state index contributed by atoms with van der Waals surface area (Å²) in [6.07, 6.45) is 0.559. The molecule has 2 amide bonds. The van der Waals surface area contributed by atoms with Crippen molar-refractivity contribution in [2.24, 2.45) is 5.10 Å². The van der Waals surface area contributed by atoms with Crippen molar-refractivity contribution in [3.05, 3.63) is 59.1 Å². The Hall–Kier alpha value is -2.66. The molecule has 0 unspecified atom stereocenters. The van der Waals surface area contributed by atoms with Crippen LogP contribution in [0.4, 0.5) is 11.4 Å². The normalized spacial score (nSPS) is 14.3. The highest BCUT2D eigenvalue weighted by molar-refractivity contribution is 6.44. The molecule has 0 fully saturated rings. The Morgan fingerprint density at radius 3 is 2.62 bits per heavy atom. The molecule has 2 aromatic carbocycles. The number of nitrogens with one attached hydrogen (secondary N) is 1. The Morgan fingerprint density at radius 1 is 1.12 bits per heavy atom. The number of hydrazone groups is 1. The van der Waals surface area contributed by atoms with Crippen molar-refractivity contribution >= 4 is 40.5 Å². The van der Waals surface area contributed by atoms with E-state index in [4.69, 9.17) is 11.6 Å². The van der Waals surface area contributed by atoms with Crippen molar-refractivity contribution in [3.63, 3.8) is 0 Å². The Balaban J connectivity index is 1.84. The number of nitrogens with zero attached hydrogens (tertiary/aromatic N) is 2. The first-order valence-corrected chi connectivity index (χ1v) is 7.96. The molecule has 0 spiro atoms. The van der Waals surface area contributed by atoms with Crippen molar-refractivity contribution in [1.82, 2.24) is 0 Å². The average Bonchev–Trinajstić information content (AvgIpc) is 2.60. The summed E-state index contributed by atoms with van der Waals surface area (Å²) in [5, 5.41) is 8.92. The van der Waals surface area contributed by atoms with Crippen molar-refractivity contribution < 1.29 is 9.59 Å². The van der Waals surface area contributed by atoms with Crippen LogP contribution in [0.2, 0.25) is 5.02 Å². The Labute approximate surface area is 144 Å². The van der Waals surface area contributed by atoms with Gasteiger partial charge in [0.15, 0.2) is 0 Å². The Kier molecular flexibility index (Phi) is 4.62. The number of rotatable bonds is 3. The molecule has 1 heterocycles. The molecule has 0 aromatic heterocycles. The zero-order chi connectivity index (χ0) is 17.1. The first kappa shape index (κ1) is 16.2. The van der Waals surface area contributed by atoms with E-state index in [-0.39, 0.29) is 18.2 Å². The molecule has 0 saturated heterocycles. The maximum absolute atomic E-state index is 12.5. The van der Waals surface area contributed by atoms with Gasteiger partial charge in [-0.25, -0.2) is 5.01 Å². The van der Waals surface area contributed by atoms with Gasteiger partial charge in [0.1, 0.15) is 5.71 Å². The fourth-order valence-corrected chi connectivity index (χ4v) is 2.60. The van der Waals surface area contributed by atoms with Gasteiger partial charge in [0.2, 0.25) is 5.91 Å². The summed E-state index contributed by atoms with van der Waals surface area (Å²) in [6, 6.07) is 14.4. The summed E-state index contributed by atoms with van der Waals surface area (Å²) < 4.78 is 0. The van der Waals surface area contributed by atoms with Gasteiger partial charge < -0.3 is 5.32 Å². The van der Waals surface area contributed by atoms with Crippen LogP contribution in [0.3, 0.4) is 0 Å². The van der Waals surface area contributed by atoms with Gasteiger partial charge in [-0.3, -0.25) is 9.59 Å². The van der Waals surface area contributed by atoms with Crippen LogP contribution in [-0.4, -0.2) is 17.5 Å². The molecular weight excluding hydrogens is 326 g/mol. The number of anilines is 2. The molecular formula is C18H16ClN3O2. The van der Waals surface area contributed by atoms with Gasteiger partial charge in [0, 0.05) is 23.6 Å². The SMILES string of the molecule is Cc1c(Cl)cccc1NC(=O)C1=NN(c2ccccc2)C(=O)CC1. The summed E-state index contributed by atoms with van der Waals surface area (Å²) in [5.41, 5.74) is 2.39. The molecule has 3 rings (SSSR count). The number of hydrogen-bond donors (Lipinski definition) is 1. The smallest absolute Gasteiger partial charge is 0.271 e. The quantitative estimate of drug-likeness (QED) is 0.923. The molecule has 2 aromatic rings. The van der Waals surface area contributed by atoms with E-state index >= 15 is 0 Å². The third-order valence-electron chi connectivity index (χ3n) is 3.81. The molecule has 0 aliphatic carbocycles. The molecule has 6 heteroatoms. The van der Waals surface area contributed by atoms with E-state index < -0.39 is 0 Å². The first-order chi connectivity index (χ1) is 11.6. The number of amides is 2. The standard InChI is InChI=1S/C18H16ClN3O2/c1-12-14(19)8-5-9-15(12)20-18(24)16-10-11-17(23)22(21-16)13-6-3-2-4-7-13/h2-9H,10-11H2,1H3,(H,20,24). The second-order valence-corrected chi connectivity index (χ2v) is 5.86. The van der Waals surface area contributed by atoms with E-state index in [1.807, 2.05) is 25.1 Å². The zero-order valence-corrected chi connectivity index (χ0v) is 13.9. The van der Waals surface area contributed by atoms with Crippen LogP contribution in [0.1, 0.15) is 18.4 Å². The van der Waals surface area contributed by atoms with Gasteiger partial charge in [0.25, 0.3) is 5.91 Å². The van der Waals surface area contributed by atoms with E-state index in [2.05, 4.69) is 10.4 Å². The highest BCUT2D eigenvalue weighted by Crippen LogP contribution is 2.24. The lowest BCUT2D eigenvalue weighted by atomic mass is 10.1. The van der Waals surface area contributed by atoms with Crippen LogP contribution < -0.4 is 10.3 Å². The molecule has 0 atom stereocenters. The molecule has 1 aliphatic rings. The van der Waals surface area contributed by atoms with Crippen molar-refractivity contribution in [3.8, 4) is 0 Å². The second-order valence-electron chi connectivity index (χ2n) is 5.45. The summed E-state index contributed by atoms with van der Waals surface area (Å²) >= 11 is 6.07. The summed E-state index contributed by atoms with van der Waals surface area (Å²) in [4.78, 5) is 24.6. The van der Waals surface area contributed by atoms with Crippen LogP contribution in [0.5, 0.6) is 0 Å². The number of carbonyl (C=O) groups excluding carboxylic acids is 2. The molecule has 1 aliphatic heterocycles. The second kappa shape index (κ2) is 6.84. The number of para-hydroxylation sites is 1. The predicted molar refractivity (Wildman–Crippen MR) is 95.4 cm³/mol.